The van der Waals surface area contributed by atoms with Crippen LogP contribution in [-0.2, 0) is 11.2 Å². The number of benzene rings is 3. The number of carbonyl (C=O) groups is 2. The highest BCUT2D eigenvalue weighted by Crippen LogP contribution is 2.48. The van der Waals surface area contributed by atoms with E-state index in [1.165, 1.54) is 0 Å². The minimum atomic E-state index is -0.734. The lowest BCUT2D eigenvalue weighted by Crippen LogP contribution is -2.57. The molecule has 0 saturated heterocycles. The van der Waals surface area contributed by atoms with Crippen molar-refractivity contribution in [1.82, 2.24) is 10.2 Å². The van der Waals surface area contributed by atoms with Crippen LogP contribution in [0.5, 0.6) is 0 Å². The third-order valence-electron chi connectivity index (χ3n) is 7.94. The van der Waals surface area contributed by atoms with Gasteiger partial charge in [-0.05, 0) is 68.0 Å². The summed E-state index contributed by atoms with van der Waals surface area (Å²) in [6.45, 7) is 4.01. The van der Waals surface area contributed by atoms with E-state index in [9.17, 15) is 14.7 Å². The second kappa shape index (κ2) is 11.3. The van der Waals surface area contributed by atoms with E-state index in [1.807, 2.05) is 62.4 Å². The molecule has 5 rings (SSSR count). The molecule has 3 aromatic carbocycles. The van der Waals surface area contributed by atoms with Crippen molar-refractivity contribution < 1.29 is 14.7 Å². The quantitative estimate of drug-likeness (QED) is 0.349. The maximum Gasteiger partial charge on any atom is 0.255 e. The summed E-state index contributed by atoms with van der Waals surface area (Å²) in [5.41, 5.74) is 2.35. The van der Waals surface area contributed by atoms with Gasteiger partial charge in [0.15, 0.2) is 0 Å². The number of hydrogen-bond donors (Lipinski definition) is 2. The summed E-state index contributed by atoms with van der Waals surface area (Å²) in [5, 5.41) is 15.2. The van der Waals surface area contributed by atoms with E-state index in [0.717, 1.165) is 18.4 Å². The standard InChI is InChI=1S/C32H34Cl2N2O3/c1-32(2,19-20-10-4-3-5-11-20)35-30(38)28-22-12-6-7-13-23(22)31(39)36(26-14-8-9-15-27(26)37)29(28)24-17-16-21(33)18-25(24)34/h3-7,10-13,16-18,26-29,37H,8-9,14-15,19H2,1-2H3,(H,35,38)/t26-,27-,28-,29+/m1/s1. The lowest BCUT2D eigenvalue weighted by atomic mass is 9.76. The van der Waals surface area contributed by atoms with Crippen LogP contribution in [0.1, 0.15) is 78.5 Å². The van der Waals surface area contributed by atoms with Gasteiger partial charge in [0, 0.05) is 21.1 Å². The van der Waals surface area contributed by atoms with Crippen molar-refractivity contribution in [2.75, 3.05) is 0 Å². The minimum Gasteiger partial charge on any atom is -0.391 e. The predicted molar refractivity (Wildman–Crippen MR) is 155 cm³/mol. The lowest BCUT2D eigenvalue weighted by Gasteiger charge is -2.48. The summed E-state index contributed by atoms with van der Waals surface area (Å²) in [5.74, 6) is -1.12. The third-order valence-corrected chi connectivity index (χ3v) is 8.50. The first-order chi connectivity index (χ1) is 18.7. The van der Waals surface area contributed by atoms with Gasteiger partial charge >= 0.3 is 0 Å². The van der Waals surface area contributed by atoms with Crippen LogP contribution in [-0.4, -0.2) is 39.5 Å². The second-order valence-electron chi connectivity index (χ2n) is 11.3. The largest absolute Gasteiger partial charge is 0.391 e. The molecular weight excluding hydrogens is 531 g/mol. The molecule has 1 aliphatic carbocycles. The average Bonchev–Trinajstić information content (AvgIpc) is 2.89. The topological polar surface area (TPSA) is 69.6 Å². The zero-order valence-electron chi connectivity index (χ0n) is 22.2. The van der Waals surface area contributed by atoms with E-state index >= 15 is 0 Å². The number of nitrogens with one attached hydrogen (secondary N) is 1. The number of fused-ring (bicyclic) bond motifs is 1. The van der Waals surface area contributed by atoms with Gasteiger partial charge < -0.3 is 15.3 Å². The van der Waals surface area contributed by atoms with E-state index in [2.05, 4.69) is 5.32 Å². The molecule has 0 radical (unpaired) electrons. The van der Waals surface area contributed by atoms with E-state index in [0.29, 0.717) is 46.0 Å². The molecule has 2 aliphatic rings. The summed E-state index contributed by atoms with van der Waals surface area (Å²) >= 11 is 13.0. The number of amides is 2. The van der Waals surface area contributed by atoms with E-state index in [1.54, 1.807) is 29.2 Å². The van der Waals surface area contributed by atoms with Gasteiger partial charge in [-0.15, -0.1) is 0 Å². The zero-order valence-corrected chi connectivity index (χ0v) is 23.8. The van der Waals surface area contributed by atoms with E-state index in [4.69, 9.17) is 23.2 Å². The van der Waals surface area contributed by atoms with Crippen molar-refractivity contribution in [1.29, 1.82) is 0 Å². The molecule has 4 atom stereocenters. The molecule has 204 valence electrons. The summed E-state index contributed by atoms with van der Waals surface area (Å²) in [7, 11) is 0. The first kappa shape index (κ1) is 27.7. The number of aliphatic hydroxyl groups excluding tert-OH is 1. The summed E-state index contributed by atoms with van der Waals surface area (Å²) in [6, 6.07) is 21.4. The van der Waals surface area contributed by atoms with Crippen molar-refractivity contribution in [3.8, 4) is 0 Å². The average molecular weight is 566 g/mol. The number of halogens is 2. The Morgan fingerprint density at radius 1 is 0.974 bits per heavy atom. The van der Waals surface area contributed by atoms with Crippen LogP contribution in [0.15, 0.2) is 72.8 Å². The van der Waals surface area contributed by atoms with Crippen LogP contribution >= 0.6 is 23.2 Å². The van der Waals surface area contributed by atoms with Crippen molar-refractivity contribution in [3.63, 3.8) is 0 Å². The SMILES string of the molecule is CC(C)(Cc1ccccc1)NC(=O)[C@@H]1c2ccccc2C(=O)N([C@@H]2CCCC[C@H]2O)[C@H]1c1ccc(Cl)cc1Cl. The zero-order chi connectivity index (χ0) is 27.7. The van der Waals surface area contributed by atoms with Gasteiger partial charge in [-0.3, -0.25) is 9.59 Å². The van der Waals surface area contributed by atoms with Crippen molar-refractivity contribution in [3.05, 3.63) is 105 Å². The molecule has 0 unspecified atom stereocenters. The molecule has 2 N–H and O–H groups in total. The van der Waals surface area contributed by atoms with Gasteiger partial charge in [-0.1, -0.05) is 90.6 Å². The van der Waals surface area contributed by atoms with Crippen LogP contribution in [0.3, 0.4) is 0 Å². The number of aliphatic hydroxyl groups is 1. The highest BCUT2D eigenvalue weighted by molar-refractivity contribution is 6.35. The Balaban J connectivity index is 1.62. The molecule has 1 heterocycles. The van der Waals surface area contributed by atoms with Crippen LogP contribution in [0.25, 0.3) is 0 Å². The highest BCUT2D eigenvalue weighted by Gasteiger charge is 2.49. The number of nitrogens with zero attached hydrogens (tertiary/aromatic N) is 1. The van der Waals surface area contributed by atoms with E-state index < -0.39 is 29.6 Å². The van der Waals surface area contributed by atoms with Gasteiger partial charge in [0.25, 0.3) is 5.91 Å². The summed E-state index contributed by atoms with van der Waals surface area (Å²) in [6.07, 6.45) is 3.03. The highest BCUT2D eigenvalue weighted by atomic mass is 35.5. The molecule has 7 heteroatoms. The Hall–Kier alpha value is -2.86. The smallest absolute Gasteiger partial charge is 0.255 e. The molecule has 2 amide bonds. The number of rotatable bonds is 6. The minimum absolute atomic E-state index is 0.192. The van der Waals surface area contributed by atoms with Gasteiger partial charge in [-0.25, -0.2) is 0 Å². The Morgan fingerprint density at radius 2 is 1.67 bits per heavy atom. The molecule has 3 aromatic rings. The molecule has 39 heavy (non-hydrogen) atoms. The van der Waals surface area contributed by atoms with Gasteiger partial charge in [0.05, 0.1) is 24.1 Å². The maximum atomic E-state index is 14.4. The first-order valence-electron chi connectivity index (χ1n) is 13.6. The van der Waals surface area contributed by atoms with Crippen molar-refractivity contribution >= 4 is 35.0 Å². The Bertz CT molecular complexity index is 1360. The molecule has 5 nitrogen and oxygen atoms in total. The Labute approximate surface area is 240 Å². The molecule has 0 spiro atoms. The van der Waals surface area contributed by atoms with E-state index in [-0.39, 0.29) is 11.8 Å². The van der Waals surface area contributed by atoms with Crippen LogP contribution in [0.4, 0.5) is 0 Å². The van der Waals surface area contributed by atoms with Crippen LogP contribution in [0.2, 0.25) is 10.0 Å². The second-order valence-corrected chi connectivity index (χ2v) is 12.2. The van der Waals surface area contributed by atoms with Crippen LogP contribution < -0.4 is 5.32 Å². The predicted octanol–water partition coefficient (Wildman–Crippen LogP) is 6.72. The fourth-order valence-corrected chi connectivity index (χ4v) is 6.77. The fraction of sp³-hybridized carbons (Fsp3) is 0.375. The molecule has 0 bridgehead atoms. The monoisotopic (exact) mass is 564 g/mol. The van der Waals surface area contributed by atoms with Crippen molar-refractivity contribution in [2.24, 2.45) is 0 Å². The Morgan fingerprint density at radius 3 is 2.38 bits per heavy atom. The van der Waals surface area contributed by atoms with Crippen molar-refractivity contribution in [2.45, 2.75) is 75.6 Å². The molecular formula is C32H34Cl2N2O3. The maximum absolute atomic E-state index is 14.4. The summed E-state index contributed by atoms with van der Waals surface area (Å²) < 4.78 is 0. The Kier molecular flexibility index (Phi) is 8.04. The van der Waals surface area contributed by atoms with Crippen LogP contribution in [0, 0.1) is 0 Å². The molecule has 1 fully saturated rings. The normalized spacial score (nSPS) is 23.3. The summed E-state index contributed by atoms with van der Waals surface area (Å²) in [4.78, 5) is 30.2. The number of carbonyl (C=O) groups excluding carboxylic acids is 2. The fourth-order valence-electron chi connectivity index (χ4n) is 6.25. The van der Waals surface area contributed by atoms with Gasteiger partial charge in [0.2, 0.25) is 5.91 Å². The van der Waals surface area contributed by atoms with Gasteiger partial charge in [0.1, 0.15) is 0 Å². The molecule has 0 aromatic heterocycles. The lowest BCUT2D eigenvalue weighted by molar-refractivity contribution is -0.126. The molecule has 1 aliphatic heterocycles. The van der Waals surface area contributed by atoms with Gasteiger partial charge in [-0.2, -0.15) is 0 Å². The number of hydrogen-bond acceptors (Lipinski definition) is 3. The third kappa shape index (κ3) is 5.72. The molecule has 1 saturated carbocycles. The first-order valence-corrected chi connectivity index (χ1v) is 14.3.